The zero-order valence-corrected chi connectivity index (χ0v) is 13.3. The second-order valence-electron chi connectivity index (χ2n) is 5.13. The zero-order chi connectivity index (χ0) is 15.1. The molecule has 0 aromatic heterocycles. The van der Waals surface area contributed by atoms with Gasteiger partial charge in [0.25, 0.3) is 5.91 Å². The van der Waals surface area contributed by atoms with Crippen molar-refractivity contribution >= 4 is 35.3 Å². The molecule has 0 bridgehead atoms. The fourth-order valence-electron chi connectivity index (χ4n) is 2.33. The Balaban J connectivity index is 1.82. The summed E-state index contributed by atoms with van der Waals surface area (Å²) in [5, 5.41) is 4.84. The van der Waals surface area contributed by atoms with Crippen LogP contribution in [0.5, 0.6) is 0 Å². The molecule has 0 unspecified atom stereocenters. The summed E-state index contributed by atoms with van der Waals surface area (Å²) in [4.78, 5) is 14.0. The van der Waals surface area contributed by atoms with E-state index in [1.54, 1.807) is 18.2 Å². The minimum absolute atomic E-state index is 0.105. The highest BCUT2D eigenvalue weighted by Gasteiger charge is 2.12. The van der Waals surface area contributed by atoms with Crippen LogP contribution in [0.3, 0.4) is 0 Å². The van der Waals surface area contributed by atoms with Gasteiger partial charge in [-0.05, 0) is 32.0 Å². The van der Waals surface area contributed by atoms with E-state index in [4.69, 9.17) is 23.2 Å². The van der Waals surface area contributed by atoms with Crippen molar-refractivity contribution in [3.63, 3.8) is 0 Å². The molecular weight excluding hydrogens is 309 g/mol. The molecule has 0 atom stereocenters. The Hall–Kier alpha value is -1.10. The summed E-state index contributed by atoms with van der Waals surface area (Å²) in [7, 11) is 0. The first kappa shape index (κ1) is 16.3. The first-order valence-electron chi connectivity index (χ1n) is 7.15. The minimum atomic E-state index is -0.105. The summed E-state index contributed by atoms with van der Waals surface area (Å²) >= 11 is 12.0. The topological polar surface area (TPSA) is 44.7 Å². The minimum Gasteiger partial charge on any atom is -0.294 e. The summed E-state index contributed by atoms with van der Waals surface area (Å²) in [6, 6.07) is 5.28. The summed E-state index contributed by atoms with van der Waals surface area (Å²) in [6.07, 6.45) is 6.34. The van der Waals surface area contributed by atoms with Gasteiger partial charge in [0, 0.05) is 5.56 Å². The van der Waals surface area contributed by atoms with E-state index in [1.165, 1.54) is 19.1 Å². The maximum absolute atomic E-state index is 11.8. The highest BCUT2D eigenvalue weighted by molar-refractivity contribution is 6.43. The molecule has 1 aliphatic rings. The highest BCUT2D eigenvalue weighted by atomic mass is 35.5. The van der Waals surface area contributed by atoms with E-state index in [2.05, 4.69) is 15.4 Å². The van der Waals surface area contributed by atoms with Crippen LogP contribution in [-0.2, 0) is 4.79 Å². The van der Waals surface area contributed by atoms with Crippen molar-refractivity contribution in [1.82, 2.24) is 10.3 Å². The lowest BCUT2D eigenvalue weighted by Gasteiger charge is -2.17. The number of halogens is 2. The quantitative estimate of drug-likeness (QED) is 0.681. The number of carbonyl (C=O) groups excluding carboxylic acids is 1. The van der Waals surface area contributed by atoms with E-state index < -0.39 is 0 Å². The van der Waals surface area contributed by atoms with Crippen LogP contribution in [0.15, 0.2) is 23.3 Å². The van der Waals surface area contributed by atoms with Gasteiger partial charge in [0.1, 0.15) is 0 Å². The van der Waals surface area contributed by atoms with Gasteiger partial charge in [-0.25, -0.2) is 5.43 Å². The number of nitrogens with zero attached hydrogens (tertiary/aromatic N) is 2. The molecule has 0 radical (unpaired) electrons. The number of hydrogen-bond acceptors (Lipinski definition) is 3. The molecule has 114 valence electrons. The standard InChI is InChI=1S/C15H19Cl2N3O/c16-13-7-5-6-12(15(13)17)10-18-19-14(21)11-20-8-3-1-2-4-9-20/h5-7,10H,1-4,8-9,11H2,(H,19,21)/b18-10+. The number of hydrogen-bond donors (Lipinski definition) is 1. The molecule has 1 N–H and O–H groups in total. The largest absolute Gasteiger partial charge is 0.294 e. The lowest BCUT2D eigenvalue weighted by atomic mass is 10.2. The molecule has 1 aliphatic heterocycles. The SMILES string of the molecule is O=C(CN1CCCCCC1)N/N=C/c1cccc(Cl)c1Cl. The van der Waals surface area contributed by atoms with Crippen molar-refractivity contribution in [3.05, 3.63) is 33.8 Å². The molecule has 4 nitrogen and oxygen atoms in total. The van der Waals surface area contributed by atoms with E-state index in [-0.39, 0.29) is 5.91 Å². The normalized spacial score (nSPS) is 16.9. The third-order valence-electron chi connectivity index (χ3n) is 3.44. The molecule has 1 amide bonds. The van der Waals surface area contributed by atoms with Crippen molar-refractivity contribution < 1.29 is 4.79 Å². The van der Waals surface area contributed by atoms with Gasteiger partial charge >= 0.3 is 0 Å². The fourth-order valence-corrected chi connectivity index (χ4v) is 2.68. The molecule has 1 fully saturated rings. The highest BCUT2D eigenvalue weighted by Crippen LogP contribution is 2.24. The lowest BCUT2D eigenvalue weighted by molar-refractivity contribution is -0.122. The van der Waals surface area contributed by atoms with Crippen LogP contribution in [0.25, 0.3) is 0 Å². The van der Waals surface area contributed by atoms with Crippen LogP contribution in [0, 0.1) is 0 Å². The molecule has 0 saturated carbocycles. The molecular formula is C15H19Cl2N3O. The van der Waals surface area contributed by atoms with Crippen molar-refractivity contribution in [2.24, 2.45) is 5.10 Å². The second kappa shape index (κ2) is 8.37. The Morgan fingerprint density at radius 3 is 2.67 bits per heavy atom. The molecule has 0 aliphatic carbocycles. The van der Waals surface area contributed by atoms with E-state index in [9.17, 15) is 4.79 Å². The van der Waals surface area contributed by atoms with E-state index >= 15 is 0 Å². The summed E-state index contributed by atoms with van der Waals surface area (Å²) < 4.78 is 0. The average Bonchev–Trinajstić information content (AvgIpc) is 2.72. The van der Waals surface area contributed by atoms with Crippen molar-refractivity contribution in [3.8, 4) is 0 Å². The van der Waals surface area contributed by atoms with Gasteiger partial charge in [0.2, 0.25) is 0 Å². The molecule has 0 spiro atoms. The number of likely N-dealkylation sites (tertiary alicyclic amines) is 1. The van der Waals surface area contributed by atoms with E-state index in [1.807, 2.05) is 0 Å². The van der Waals surface area contributed by atoms with Gasteiger partial charge in [-0.2, -0.15) is 5.10 Å². The second-order valence-corrected chi connectivity index (χ2v) is 5.91. The number of amides is 1. The Morgan fingerprint density at radius 2 is 1.95 bits per heavy atom. The Bertz CT molecular complexity index is 512. The van der Waals surface area contributed by atoms with Crippen molar-refractivity contribution in [2.75, 3.05) is 19.6 Å². The smallest absolute Gasteiger partial charge is 0.254 e. The molecule has 1 aromatic carbocycles. The molecule has 2 rings (SSSR count). The Kier molecular flexibility index (Phi) is 6.49. The number of hydrazone groups is 1. The predicted octanol–water partition coefficient (Wildman–Crippen LogP) is 3.32. The van der Waals surface area contributed by atoms with Gasteiger partial charge in [-0.1, -0.05) is 48.2 Å². The first-order valence-corrected chi connectivity index (χ1v) is 7.90. The third-order valence-corrected chi connectivity index (χ3v) is 4.27. The van der Waals surface area contributed by atoms with E-state index in [0.29, 0.717) is 22.2 Å². The van der Waals surface area contributed by atoms with Gasteiger partial charge in [0.05, 0.1) is 22.8 Å². The Labute approximate surface area is 135 Å². The molecule has 1 aromatic rings. The molecule has 1 saturated heterocycles. The lowest BCUT2D eigenvalue weighted by Crippen LogP contribution is -2.35. The monoisotopic (exact) mass is 327 g/mol. The number of rotatable bonds is 4. The third kappa shape index (κ3) is 5.30. The maximum atomic E-state index is 11.8. The zero-order valence-electron chi connectivity index (χ0n) is 11.8. The average molecular weight is 328 g/mol. The van der Waals surface area contributed by atoms with Crippen molar-refractivity contribution in [2.45, 2.75) is 25.7 Å². The van der Waals surface area contributed by atoms with Crippen LogP contribution >= 0.6 is 23.2 Å². The van der Waals surface area contributed by atoms with Crippen molar-refractivity contribution in [1.29, 1.82) is 0 Å². The van der Waals surface area contributed by atoms with Crippen LogP contribution < -0.4 is 5.43 Å². The molecule has 6 heteroatoms. The van der Waals surface area contributed by atoms with Crippen LogP contribution in [0.4, 0.5) is 0 Å². The number of benzene rings is 1. The first-order chi connectivity index (χ1) is 10.2. The summed E-state index contributed by atoms with van der Waals surface area (Å²) in [5.74, 6) is -0.105. The molecule has 21 heavy (non-hydrogen) atoms. The van der Waals surface area contributed by atoms with Gasteiger partial charge < -0.3 is 0 Å². The molecule has 1 heterocycles. The van der Waals surface area contributed by atoms with Gasteiger partial charge in [-0.15, -0.1) is 0 Å². The maximum Gasteiger partial charge on any atom is 0.254 e. The van der Waals surface area contributed by atoms with Crippen LogP contribution in [0.1, 0.15) is 31.2 Å². The number of nitrogens with one attached hydrogen (secondary N) is 1. The summed E-state index contributed by atoms with van der Waals surface area (Å²) in [5.41, 5.74) is 3.21. The number of carbonyl (C=O) groups is 1. The van der Waals surface area contributed by atoms with Crippen LogP contribution in [0.2, 0.25) is 10.0 Å². The predicted molar refractivity (Wildman–Crippen MR) is 87.1 cm³/mol. The van der Waals surface area contributed by atoms with Gasteiger partial charge in [0.15, 0.2) is 0 Å². The van der Waals surface area contributed by atoms with Gasteiger partial charge in [-0.3, -0.25) is 9.69 Å². The summed E-state index contributed by atoms with van der Waals surface area (Å²) in [6.45, 7) is 2.36. The fraction of sp³-hybridized carbons (Fsp3) is 0.467. The Morgan fingerprint density at radius 1 is 1.24 bits per heavy atom. The van der Waals surface area contributed by atoms with E-state index in [0.717, 1.165) is 25.9 Å². The van der Waals surface area contributed by atoms with Crippen LogP contribution in [-0.4, -0.2) is 36.7 Å².